The molecule has 2 aromatic rings. The zero-order chi connectivity index (χ0) is 22.4. The quantitative estimate of drug-likeness (QED) is 0.666. The van der Waals surface area contributed by atoms with Gasteiger partial charge in [0.05, 0.1) is 18.3 Å². The number of nitrogens with zero attached hydrogens (tertiary/aromatic N) is 6. The van der Waals surface area contributed by atoms with Gasteiger partial charge in [-0.1, -0.05) is 18.6 Å². The van der Waals surface area contributed by atoms with Crippen molar-refractivity contribution in [1.29, 1.82) is 0 Å². The van der Waals surface area contributed by atoms with E-state index in [0.717, 1.165) is 59.8 Å². The fourth-order valence-corrected chi connectivity index (χ4v) is 6.88. The number of piperazine rings is 1. The van der Waals surface area contributed by atoms with Crippen LogP contribution in [0, 0.1) is 0 Å². The molecule has 178 valence electrons. The number of nitrogens with one attached hydrogen (secondary N) is 2. The molecule has 3 fully saturated rings. The van der Waals surface area contributed by atoms with Crippen LogP contribution in [0.15, 0.2) is 6.20 Å². The largest absolute Gasteiger partial charge is 0.351 e. The molecule has 2 saturated carbocycles. The van der Waals surface area contributed by atoms with Crippen LogP contribution in [0.25, 0.3) is 11.2 Å². The number of fused-ring (bicyclic) bond motifs is 4. The molecule has 4 heterocycles. The Balaban J connectivity index is 1.19. The van der Waals surface area contributed by atoms with Gasteiger partial charge in [-0.15, -0.1) is 0 Å². The van der Waals surface area contributed by atoms with Gasteiger partial charge >= 0.3 is 0 Å². The van der Waals surface area contributed by atoms with Crippen molar-refractivity contribution in [2.24, 2.45) is 0 Å². The molecule has 2 aromatic heterocycles. The molecule has 0 amide bonds. The maximum absolute atomic E-state index is 5.92. The summed E-state index contributed by atoms with van der Waals surface area (Å²) in [5.74, 6) is 1.78. The van der Waals surface area contributed by atoms with Crippen LogP contribution in [0.4, 0.5) is 5.95 Å². The standard InChI is InChI=1S/C24H36N8S/c1-30-10-12-31(13-11-30)18-7-5-17(6-8-18)27-23-26-14-19-22(29-23)32-21(28-19)15-25-16-24(32)9-3-2-4-20(24)33/h14,17-18,25H,2-13,15-16H2,1H3,(H,26,27,29). The second kappa shape index (κ2) is 8.83. The summed E-state index contributed by atoms with van der Waals surface area (Å²) in [4.78, 5) is 20.8. The fourth-order valence-electron chi connectivity index (χ4n) is 6.47. The van der Waals surface area contributed by atoms with Crippen molar-refractivity contribution in [1.82, 2.24) is 34.6 Å². The summed E-state index contributed by atoms with van der Waals surface area (Å²) >= 11 is 5.92. The van der Waals surface area contributed by atoms with Gasteiger partial charge in [0, 0.05) is 49.7 Å². The lowest BCUT2D eigenvalue weighted by Crippen LogP contribution is -2.54. The van der Waals surface area contributed by atoms with Crippen molar-refractivity contribution >= 4 is 34.2 Å². The van der Waals surface area contributed by atoms with Gasteiger partial charge < -0.3 is 15.5 Å². The smallest absolute Gasteiger partial charge is 0.224 e. The van der Waals surface area contributed by atoms with E-state index < -0.39 is 0 Å². The van der Waals surface area contributed by atoms with Crippen molar-refractivity contribution in [2.45, 2.75) is 75.5 Å². The minimum atomic E-state index is -0.165. The highest BCUT2D eigenvalue weighted by Crippen LogP contribution is 2.38. The summed E-state index contributed by atoms with van der Waals surface area (Å²) in [5, 5.41) is 7.23. The van der Waals surface area contributed by atoms with Gasteiger partial charge in [0.15, 0.2) is 5.65 Å². The summed E-state index contributed by atoms with van der Waals surface area (Å²) in [6.45, 7) is 6.46. The first-order chi connectivity index (χ1) is 16.1. The van der Waals surface area contributed by atoms with E-state index in [1.54, 1.807) is 0 Å². The maximum atomic E-state index is 5.92. The molecule has 9 heteroatoms. The summed E-state index contributed by atoms with van der Waals surface area (Å²) < 4.78 is 2.36. The molecule has 8 nitrogen and oxygen atoms in total. The molecule has 0 radical (unpaired) electrons. The molecule has 4 aliphatic rings. The van der Waals surface area contributed by atoms with Gasteiger partial charge in [-0.25, -0.2) is 9.97 Å². The Morgan fingerprint density at radius 3 is 2.70 bits per heavy atom. The van der Waals surface area contributed by atoms with E-state index in [1.807, 2.05) is 6.20 Å². The Kier molecular flexibility index (Phi) is 5.84. The number of likely N-dealkylation sites (N-methyl/N-ethyl adjacent to an activating group) is 1. The number of hydrogen-bond donors (Lipinski definition) is 2. The summed E-state index contributed by atoms with van der Waals surface area (Å²) in [6, 6.07) is 1.18. The van der Waals surface area contributed by atoms with Crippen LogP contribution in [0.2, 0.25) is 0 Å². The van der Waals surface area contributed by atoms with Crippen molar-refractivity contribution in [2.75, 3.05) is 45.1 Å². The third-order valence-electron chi connectivity index (χ3n) is 8.45. The molecule has 0 aromatic carbocycles. The molecule has 1 saturated heterocycles. The van der Waals surface area contributed by atoms with E-state index in [9.17, 15) is 0 Å². The average molecular weight is 469 g/mol. The minimum Gasteiger partial charge on any atom is -0.351 e. The van der Waals surface area contributed by atoms with Gasteiger partial charge in [-0.3, -0.25) is 9.47 Å². The second-order valence-corrected chi connectivity index (χ2v) is 11.0. The first kappa shape index (κ1) is 21.8. The zero-order valence-corrected chi connectivity index (χ0v) is 20.5. The van der Waals surface area contributed by atoms with Gasteiger partial charge in [0.2, 0.25) is 5.95 Å². The van der Waals surface area contributed by atoms with E-state index in [2.05, 4.69) is 37.0 Å². The molecular formula is C24H36N8S. The van der Waals surface area contributed by atoms with E-state index in [4.69, 9.17) is 22.2 Å². The zero-order valence-electron chi connectivity index (χ0n) is 19.7. The molecule has 33 heavy (non-hydrogen) atoms. The van der Waals surface area contributed by atoms with Crippen LogP contribution in [-0.2, 0) is 12.1 Å². The molecule has 6 rings (SSSR count). The molecule has 0 bridgehead atoms. The third kappa shape index (κ3) is 3.96. The van der Waals surface area contributed by atoms with Crippen LogP contribution in [0.5, 0.6) is 0 Å². The molecule has 1 unspecified atom stereocenters. The van der Waals surface area contributed by atoms with Crippen LogP contribution in [0.1, 0.15) is 57.2 Å². The van der Waals surface area contributed by atoms with Gasteiger partial charge in [0.1, 0.15) is 11.3 Å². The first-order valence-electron chi connectivity index (χ1n) is 12.8. The van der Waals surface area contributed by atoms with Crippen molar-refractivity contribution in [3.8, 4) is 0 Å². The Hall–Kier alpha value is -1.68. The average Bonchev–Trinajstić information content (AvgIpc) is 3.21. The monoisotopic (exact) mass is 468 g/mol. The number of imidazole rings is 1. The lowest BCUT2D eigenvalue weighted by molar-refractivity contribution is 0.0894. The molecule has 2 aliphatic heterocycles. The van der Waals surface area contributed by atoms with Crippen LogP contribution in [0.3, 0.4) is 0 Å². The van der Waals surface area contributed by atoms with Crippen molar-refractivity contribution in [3.05, 3.63) is 12.0 Å². The van der Waals surface area contributed by atoms with Crippen molar-refractivity contribution in [3.63, 3.8) is 0 Å². The molecule has 1 atom stereocenters. The summed E-state index contributed by atoms with van der Waals surface area (Å²) in [5.41, 5.74) is 1.66. The maximum Gasteiger partial charge on any atom is 0.224 e. The molecule has 2 aliphatic carbocycles. The van der Waals surface area contributed by atoms with Gasteiger partial charge in [-0.2, -0.15) is 4.98 Å². The highest BCUT2D eigenvalue weighted by Gasteiger charge is 2.43. The van der Waals surface area contributed by atoms with E-state index in [1.165, 1.54) is 64.7 Å². The van der Waals surface area contributed by atoms with Crippen LogP contribution < -0.4 is 10.6 Å². The number of thiocarbonyl (C=S) groups is 1. The van der Waals surface area contributed by atoms with Gasteiger partial charge in [0.25, 0.3) is 0 Å². The highest BCUT2D eigenvalue weighted by atomic mass is 32.1. The molecular weight excluding hydrogens is 432 g/mol. The fraction of sp³-hybridized carbons (Fsp3) is 0.750. The van der Waals surface area contributed by atoms with E-state index >= 15 is 0 Å². The predicted octanol–water partition coefficient (Wildman–Crippen LogP) is 2.54. The van der Waals surface area contributed by atoms with E-state index in [-0.39, 0.29) is 5.54 Å². The second-order valence-electron chi connectivity index (χ2n) is 10.5. The topological polar surface area (TPSA) is 74.1 Å². The highest BCUT2D eigenvalue weighted by molar-refractivity contribution is 7.80. The number of aromatic nitrogens is 4. The summed E-state index contributed by atoms with van der Waals surface area (Å²) in [6.07, 6.45) is 11.3. The Bertz CT molecular complexity index is 1020. The summed E-state index contributed by atoms with van der Waals surface area (Å²) in [7, 11) is 2.23. The molecule has 2 N–H and O–H groups in total. The number of hydrogen-bond acceptors (Lipinski definition) is 8. The Labute approximate surface area is 201 Å². The van der Waals surface area contributed by atoms with Crippen LogP contribution >= 0.6 is 12.2 Å². The van der Waals surface area contributed by atoms with Crippen molar-refractivity contribution < 1.29 is 0 Å². The number of rotatable bonds is 3. The number of anilines is 1. The van der Waals surface area contributed by atoms with E-state index in [0.29, 0.717) is 6.04 Å². The SMILES string of the molecule is CN1CCN(C2CCC(Nc3ncc4nc5n(c4n3)C3(CCCCC3=S)CNC5)CC2)CC1. The molecule has 1 spiro atoms. The lowest BCUT2D eigenvalue weighted by atomic mass is 9.80. The third-order valence-corrected chi connectivity index (χ3v) is 9.03. The Morgan fingerprint density at radius 1 is 1.09 bits per heavy atom. The first-order valence-corrected chi connectivity index (χ1v) is 13.2. The minimum absolute atomic E-state index is 0.165. The lowest BCUT2D eigenvalue weighted by Gasteiger charge is -2.43. The van der Waals surface area contributed by atoms with Gasteiger partial charge in [-0.05, 0) is 52.0 Å². The Morgan fingerprint density at radius 2 is 1.91 bits per heavy atom. The van der Waals surface area contributed by atoms with Crippen LogP contribution in [-0.4, -0.2) is 86.0 Å². The normalized spacial score (nSPS) is 31.7. The predicted molar refractivity (Wildman–Crippen MR) is 135 cm³/mol.